The van der Waals surface area contributed by atoms with Gasteiger partial charge in [0.05, 0.1) is 5.75 Å². The highest BCUT2D eigenvalue weighted by atomic mass is 32.2. The van der Waals surface area contributed by atoms with Crippen LogP contribution < -0.4 is 0 Å². The van der Waals surface area contributed by atoms with E-state index in [2.05, 4.69) is 4.74 Å². The molecule has 6 nitrogen and oxygen atoms in total. The average Bonchev–Trinajstić information content (AvgIpc) is 2.16. The molecule has 1 saturated heterocycles. The Balaban J connectivity index is 2.69. The van der Waals surface area contributed by atoms with Crippen LogP contribution in [0.5, 0.6) is 0 Å². The third-order valence-corrected chi connectivity index (χ3v) is 2.88. The van der Waals surface area contributed by atoms with Gasteiger partial charge in [0.15, 0.2) is 6.23 Å². The molecule has 1 N–H and O–H groups in total. The summed E-state index contributed by atoms with van der Waals surface area (Å²) in [5.74, 6) is -0.258. The van der Waals surface area contributed by atoms with Gasteiger partial charge in [0, 0.05) is 19.2 Å². The minimum absolute atomic E-state index is 0.334. The van der Waals surface area contributed by atoms with Crippen molar-refractivity contribution in [1.82, 2.24) is 4.90 Å². The first kappa shape index (κ1) is 11.8. The standard InChI is InChI=1S/C8H11NO5S/c1-5(10)7(11)9-2-3-15-4-6(9)14-8(12)13/h6H,2-4H2,1H3,(H,12,13)/t6-/m1/s1. The van der Waals surface area contributed by atoms with Crippen molar-refractivity contribution in [3.63, 3.8) is 0 Å². The highest BCUT2D eigenvalue weighted by molar-refractivity contribution is 7.99. The maximum atomic E-state index is 11.4. The van der Waals surface area contributed by atoms with Crippen molar-refractivity contribution >= 4 is 29.6 Å². The van der Waals surface area contributed by atoms with Crippen LogP contribution in [-0.2, 0) is 14.3 Å². The molecule has 1 heterocycles. The quantitative estimate of drug-likeness (QED) is 0.540. The fourth-order valence-electron chi connectivity index (χ4n) is 1.23. The van der Waals surface area contributed by atoms with Crippen molar-refractivity contribution in [3.8, 4) is 0 Å². The van der Waals surface area contributed by atoms with E-state index in [-0.39, 0.29) is 0 Å². The smallest absolute Gasteiger partial charge is 0.450 e. The number of carboxylic acid groups (broad SMARTS) is 1. The minimum Gasteiger partial charge on any atom is -0.450 e. The molecule has 1 fully saturated rings. The summed E-state index contributed by atoms with van der Waals surface area (Å²) in [6.07, 6.45) is -2.29. The SMILES string of the molecule is CC(=O)C(=O)N1CCSC[C@H]1OC(=O)O. The number of rotatable bonds is 2. The number of Topliss-reactive ketones (excluding diaryl/α,β-unsaturated/α-hetero) is 1. The van der Waals surface area contributed by atoms with Gasteiger partial charge in [-0.05, 0) is 0 Å². The fraction of sp³-hybridized carbons (Fsp3) is 0.625. The average molecular weight is 233 g/mol. The van der Waals surface area contributed by atoms with E-state index in [0.29, 0.717) is 18.1 Å². The molecule has 0 radical (unpaired) electrons. The van der Waals surface area contributed by atoms with Crippen molar-refractivity contribution in [2.75, 3.05) is 18.1 Å². The van der Waals surface area contributed by atoms with Crippen LogP contribution in [0.3, 0.4) is 0 Å². The summed E-state index contributed by atoms with van der Waals surface area (Å²) in [4.78, 5) is 33.8. The Morgan fingerprint density at radius 2 is 2.13 bits per heavy atom. The molecule has 0 spiro atoms. The lowest BCUT2D eigenvalue weighted by Crippen LogP contribution is -2.50. The molecule has 0 aromatic carbocycles. The molecule has 1 rings (SSSR count). The van der Waals surface area contributed by atoms with E-state index in [1.165, 1.54) is 11.8 Å². The number of amides is 1. The second-order valence-electron chi connectivity index (χ2n) is 2.97. The summed E-state index contributed by atoms with van der Waals surface area (Å²) in [5.41, 5.74) is 0. The normalized spacial score (nSPS) is 20.9. The first-order valence-corrected chi connectivity index (χ1v) is 5.46. The van der Waals surface area contributed by atoms with E-state index in [0.717, 1.165) is 11.8 Å². The molecule has 0 unspecified atom stereocenters. The Hall–Kier alpha value is -1.24. The van der Waals surface area contributed by atoms with Crippen LogP contribution in [0.4, 0.5) is 4.79 Å². The topological polar surface area (TPSA) is 83.9 Å². The molecule has 0 saturated carbocycles. The summed E-state index contributed by atoms with van der Waals surface area (Å²) < 4.78 is 4.52. The zero-order valence-corrected chi connectivity index (χ0v) is 8.95. The Bertz CT molecular complexity index is 293. The van der Waals surface area contributed by atoms with Crippen LogP contribution >= 0.6 is 11.8 Å². The van der Waals surface area contributed by atoms with Crippen LogP contribution in [-0.4, -0.2) is 52.1 Å². The van der Waals surface area contributed by atoms with E-state index in [4.69, 9.17) is 5.11 Å². The van der Waals surface area contributed by atoms with Gasteiger partial charge >= 0.3 is 6.16 Å². The lowest BCUT2D eigenvalue weighted by molar-refractivity contribution is -0.150. The summed E-state index contributed by atoms with van der Waals surface area (Å²) in [6, 6.07) is 0. The zero-order valence-electron chi connectivity index (χ0n) is 8.13. The second kappa shape index (κ2) is 5.01. The number of carbonyl (C=O) groups excluding carboxylic acids is 2. The van der Waals surface area contributed by atoms with E-state index in [1.54, 1.807) is 0 Å². The van der Waals surface area contributed by atoms with E-state index in [1.807, 2.05) is 0 Å². The molecule has 0 aliphatic carbocycles. The number of hydrogen-bond acceptors (Lipinski definition) is 5. The van der Waals surface area contributed by atoms with Crippen molar-refractivity contribution in [2.45, 2.75) is 13.2 Å². The van der Waals surface area contributed by atoms with Gasteiger partial charge in [-0.1, -0.05) is 0 Å². The summed E-state index contributed by atoms with van der Waals surface area (Å²) in [7, 11) is 0. The van der Waals surface area contributed by atoms with Crippen molar-refractivity contribution in [3.05, 3.63) is 0 Å². The van der Waals surface area contributed by atoms with Gasteiger partial charge in [-0.15, -0.1) is 0 Å². The van der Waals surface area contributed by atoms with Crippen molar-refractivity contribution in [2.24, 2.45) is 0 Å². The predicted molar refractivity (Wildman–Crippen MR) is 52.6 cm³/mol. The lowest BCUT2D eigenvalue weighted by Gasteiger charge is -2.32. The first-order valence-electron chi connectivity index (χ1n) is 4.31. The Morgan fingerprint density at radius 1 is 1.47 bits per heavy atom. The van der Waals surface area contributed by atoms with Crippen LogP contribution in [0.15, 0.2) is 0 Å². The molecule has 7 heteroatoms. The summed E-state index contributed by atoms with van der Waals surface area (Å²) >= 11 is 1.48. The minimum atomic E-state index is -1.44. The molecule has 1 aliphatic heterocycles. The van der Waals surface area contributed by atoms with Gasteiger partial charge in [-0.25, -0.2) is 4.79 Å². The number of carbonyl (C=O) groups is 3. The fourth-order valence-corrected chi connectivity index (χ4v) is 2.17. The van der Waals surface area contributed by atoms with Gasteiger partial charge in [0.25, 0.3) is 5.91 Å². The highest BCUT2D eigenvalue weighted by Gasteiger charge is 2.31. The number of ether oxygens (including phenoxy) is 1. The lowest BCUT2D eigenvalue weighted by atomic mass is 10.3. The highest BCUT2D eigenvalue weighted by Crippen LogP contribution is 2.17. The Labute approximate surface area is 90.6 Å². The van der Waals surface area contributed by atoms with Crippen LogP contribution in [0, 0.1) is 0 Å². The van der Waals surface area contributed by atoms with Crippen molar-refractivity contribution < 1.29 is 24.2 Å². The molecule has 1 atom stereocenters. The van der Waals surface area contributed by atoms with Gasteiger partial charge in [-0.2, -0.15) is 11.8 Å². The molecule has 1 aliphatic rings. The molecule has 0 aromatic heterocycles. The van der Waals surface area contributed by atoms with Gasteiger partial charge < -0.3 is 9.84 Å². The molecular weight excluding hydrogens is 222 g/mol. The molecule has 84 valence electrons. The zero-order chi connectivity index (χ0) is 11.4. The van der Waals surface area contributed by atoms with Crippen LogP contribution in [0.1, 0.15) is 6.92 Å². The Kier molecular flexibility index (Phi) is 3.96. The third-order valence-electron chi connectivity index (χ3n) is 1.88. The predicted octanol–water partition coefficient (Wildman–Crippen LogP) is 0.171. The maximum Gasteiger partial charge on any atom is 0.507 e. The maximum absolute atomic E-state index is 11.4. The Morgan fingerprint density at radius 3 is 2.67 bits per heavy atom. The van der Waals surface area contributed by atoms with E-state index in [9.17, 15) is 14.4 Å². The molecule has 1 amide bonds. The van der Waals surface area contributed by atoms with Crippen LogP contribution in [0.25, 0.3) is 0 Å². The van der Waals surface area contributed by atoms with Gasteiger partial charge in [0.2, 0.25) is 5.78 Å². The molecule has 0 bridgehead atoms. The third kappa shape index (κ3) is 3.12. The monoisotopic (exact) mass is 233 g/mol. The molecule has 15 heavy (non-hydrogen) atoms. The summed E-state index contributed by atoms with van der Waals surface area (Å²) in [5, 5.41) is 8.45. The molecule has 0 aromatic rings. The van der Waals surface area contributed by atoms with E-state index >= 15 is 0 Å². The molecular formula is C8H11NO5S. The number of ketones is 1. The number of thioether (sulfide) groups is 1. The van der Waals surface area contributed by atoms with Crippen LogP contribution in [0.2, 0.25) is 0 Å². The summed E-state index contributed by atoms with van der Waals surface area (Å²) in [6.45, 7) is 1.49. The second-order valence-corrected chi connectivity index (χ2v) is 4.12. The van der Waals surface area contributed by atoms with Crippen molar-refractivity contribution in [1.29, 1.82) is 0 Å². The number of nitrogens with zero attached hydrogens (tertiary/aromatic N) is 1. The van der Waals surface area contributed by atoms with Gasteiger partial charge in [0.1, 0.15) is 0 Å². The first-order chi connectivity index (χ1) is 7.02. The number of hydrogen-bond donors (Lipinski definition) is 1. The van der Waals surface area contributed by atoms with E-state index < -0.39 is 24.1 Å². The van der Waals surface area contributed by atoms with Gasteiger partial charge in [-0.3, -0.25) is 14.5 Å². The largest absolute Gasteiger partial charge is 0.507 e.